The Morgan fingerprint density at radius 1 is 1.26 bits per heavy atom. The second-order valence-corrected chi connectivity index (χ2v) is 7.58. The van der Waals surface area contributed by atoms with Crippen LogP contribution < -0.4 is 4.72 Å². The molecule has 0 bridgehead atoms. The van der Waals surface area contributed by atoms with Gasteiger partial charge in [-0.1, -0.05) is 0 Å². The number of carboxylic acid groups (broad SMARTS) is 1. The largest absolute Gasteiger partial charge is 0.477 e. The van der Waals surface area contributed by atoms with Crippen molar-refractivity contribution in [1.82, 2.24) is 4.72 Å². The van der Waals surface area contributed by atoms with Crippen molar-refractivity contribution in [3.05, 3.63) is 17.0 Å². The Morgan fingerprint density at radius 3 is 2.42 bits per heavy atom. The molecule has 0 spiro atoms. The summed E-state index contributed by atoms with van der Waals surface area (Å²) in [4.78, 5) is 10.7. The molecule has 0 radical (unpaired) electrons. The van der Waals surface area contributed by atoms with E-state index in [4.69, 9.17) is 5.11 Å². The maximum absolute atomic E-state index is 12.1. The van der Waals surface area contributed by atoms with Gasteiger partial charge < -0.3 is 10.2 Å². The van der Waals surface area contributed by atoms with E-state index in [0.717, 1.165) is 11.3 Å². The van der Waals surface area contributed by atoms with Crippen LogP contribution in [-0.4, -0.2) is 36.7 Å². The molecule has 0 aliphatic heterocycles. The normalized spacial score (nSPS) is 24.3. The average Bonchev–Trinajstić information content (AvgIpc) is 2.82. The molecule has 6 nitrogen and oxygen atoms in total. The van der Waals surface area contributed by atoms with Gasteiger partial charge in [-0.3, -0.25) is 0 Å². The van der Waals surface area contributed by atoms with E-state index < -0.39 is 16.0 Å². The highest BCUT2D eigenvalue weighted by Crippen LogP contribution is 2.24. The zero-order valence-corrected chi connectivity index (χ0v) is 11.7. The van der Waals surface area contributed by atoms with E-state index in [1.807, 2.05) is 0 Å². The molecule has 1 aliphatic carbocycles. The SMILES string of the molecule is O=C(O)c1ccc(S(=O)(=O)NC2CCC(O)CC2)s1. The van der Waals surface area contributed by atoms with Crippen LogP contribution in [0.3, 0.4) is 0 Å². The van der Waals surface area contributed by atoms with Crippen LogP contribution in [0.1, 0.15) is 35.4 Å². The second-order valence-electron chi connectivity index (χ2n) is 4.55. The smallest absolute Gasteiger partial charge is 0.345 e. The third-order valence-corrected chi connectivity index (χ3v) is 6.16. The third kappa shape index (κ3) is 3.53. The highest BCUT2D eigenvalue weighted by Gasteiger charge is 2.26. The van der Waals surface area contributed by atoms with Crippen LogP contribution in [0.15, 0.2) is 16.3 Å². The minimum absolute atomic E-state index is 0.000517. The predicted octanol–water partition coefficient (Wildman–Crippen LogP) is 1.03. The molecule has 1 aromatic rings. The van der Waals surface area contributed by atoms with Gasteiger partial charge in [-0.25, -0.2) is 17.9 Å². The van der Waals surface area contributed by atoms with E-state index in [2.05, 4.69) is 4.72 Å². The van der Waals surface area contributed by atoms with Gasteiger partial charge >= 0.3 is 5.97 Å². The molecule has 19 heavy (non-hydrogen) atoms. The first-order valence-corrected chi connectivity index (χ1v) is 8.22. The lowest BCUT2D eigenvalue weighted by Crippen LogP contribution is -2.38. The number of rotatable bonds is 4. The molecule has 0 saturated heterocycles. The van der Waals surface area contributed by atoms with Crippen molar-refractivity contribution in [2.45, 2.75) is 42.0 Å². The Bertz CT molecular complexity index is 557. The molecule has 0 unspecified atom stereocenters. The lowest BCUT2D eigenvalue weighted by Gasteiger charge is -2.25. The van der Waals surface area contributed by atoms with Crippen LogP contribution in [0.2, 0.25) is 0 Å². The monoisotopic (exact) mass is 305 g/mol. The van der Waals surface area contributed by atoms with Crippen LogP contribution in [0.4, 0.5) is 0 Å². The highest BCUT2D eigenvalue weighted by molar-refractivity contribution is 7.91. The number of thiophene rings is 1. The van der Waals surface area contributed by atoms with Crippen molar-refractivity contribution in [2.24, 2.45) is 0 Å². The van der Waals surface area contributed by atoms with Gasteiger partial charge in [0, 0.05) is 6.04 Å². The van der Waals surface area contributed by atoms with Crippen LogP contribution in [0.25, 0.3) is 0 Å². The molecular weight excluding hydrogens is 290 g/mol. The fourth-order valence-electron chi connectivity index (χ4n) is 2.05. The first kappa shape index (κ1) is 14.4. The summed E-state index contributed by atoms with van der Waals surface area (Å²) in [6, 6.07) is 2.39. The number of aliphatic hydroxyl groups excluding tert-OH is 1. The first-order chi connectivity index (χ1) is 8.88. The van der Waals surface area contributed by atoms with Crippen LogP contribution >= 0.6 is 11.3 Å². The summed E-state index contributed by atoms with van der Waals surface area (Å²) in [5.41, 5.74) is 0. The zero-order chi connectivity index (χ0) is 14.0. The van der Waals surface area contributed by atoms with Crippen molar-refractivity contribution in [2.75, 3.05) is 0 Å². The number of carbonyl (C=O) groups is 1. The van der Waals surface area contributed by atoms with E-state index in [-0.39, 0.29) is 21.2 Å². The summed E-state index contributed by atoms with van der Waals surface area (Å²) in [5, 5.41) is 18.1. The van der Waals surface area contributed by atoms with E-state index in [1.165, 1.54) is 12.1 Å². The van der Waals surface area contributed by atoms with Gasteiger partial charge in [-0.15, -0.1) is 11.3 Å². The van der Waals surface area contributed by atoms with Crippen LogP contribution in [0.5, 0.6) is 0 Å². The fourth-order valence-corrected chi connectivity index (χ4v) is 4.52. The van der Waals surface area contributed by atoms with Gasteiger partial charge in [0.1, 0.15) is 9.09 Å². The maximum Gasteiger partial charge on any atom is 0.345 e. The Balaban J connectivity index is 2.07. The number of nitrogens with one attached hydrogen (secondary N) is 1. The topological polar surface area (TPSA) is 104 Å². The van der Waals surface area contributed by atoms with Gasteiger partial charge in [0.25, 0.3) is 0 Å². The molecule has 1 saturated carbocycles. The average molecular weight is 305 g/mol. The molecule has 1 fully saturated rings. The standard InChI is InChI=1S/C11H15NO5S2/c13-8-3-1-7(2-4-8)12-19(16,17)10-6-5-9(18-10)11(14)15/h5-8,12-13H,1-4H2,(H,14,15). The molecular formula is C11H15NO5S2. The number of aliphatic hydroxyl groups is 1. The van der Waals surface area contributed by atoms with Crippen molar-refractivity contribution < 1.29 is 23.4 Å². The number of sulfonamides is 1. The lowest BCUT2D eigenvalue weighted by atomic mass is 9.94. The third-order valence-electron chi connectivity index (χ3n) is 3.08. The number of hydrogen-bond donors (Lipinski definition) is 3. The minimum Gasteiger partial charge on any atom is -0.477 e. The molecule has 0 aromatic carbocycles. The van der Waals surface area contributed by atoms with Crippen LogP contribution in [-0.2, 0) is 10.0 Å². The summed E-state index contributed by atoms with van der Waals surface area (Å²) in [5.74, 6) is -1.13. The summed E-state index contributed by atoms with van der Waals surface area (Å²) >= 11 is 0.738. The molecule has 3 N–H and O–H groups in total. The van der Waals surface area contributed by atoms with E-state index in [1.54, 1.807) is 0 Å². The Morgan fingerprint density at radius 2 is 1.89 bits per heavy atom. The maximum atomic E-state index is 12.1. The predicted molar refractivity (Wildman–Crippen MR) is 69.9 cm³/mol. The zero-order valence-electron chi connectivity index (χ0n) is 10.1. The molecule has 1 aromatic heterocycles. The van der Waals surface area contributed by atoms with Crippen LogP contribution in [0, 0.1) is 0 Å². The lowest BCUT2D eigenvalue weighted by molar-refractivity contribution is 0.0702. The minimum atomic E-state index is -3.67. The Hall–Kier alpha value is -0.960. The molecule has 2 rings (SSSR count). The summed E-state index contributed by atoms with van der Waals surface area (Å²) in [6.45, 7) is 0. The number of carboxylic acids is 1. The Kier molecular flexibility index (Phi) is 4.24. The highest BCUT2D eigenvalue weighted by atomic mass is 32.2. The van der Waals surface area contributed by atoms with Crippen molar-refractivity contribution in [3.8, 4) is 0 Å². The second kappa shape index (κ2) is 5.58. The van der Waals surface area contributed by atoms with Gasteiger partial charge in [0.05, 0.1) is 6.10 Å². The number of hydrogen-bond acceptors (Lipinski definition) is 5. The molecule has 106 valence electrons. The van der Waals surface area contributed by atoms with E-state index in [0.29, 0.717) is 25.7 Å². The summed E-state index contributed by atoms with van der Waals surface area (Å²) in [6.07, 6.45) is 2.01. The molecule has 1 aliphatic rings. The fraction of sp³-hybridized carbons (Fsp3) is 0.545. The molecule has 1 heterocycles. The first-order valence-electron chi connectivity index (χ1n) is 5.92. The molecule has 8 heteroatoms. The van der Waals surface area contributed by atoms with Gasteiger partial charge in [-0.2, -0.15) is 0 Å². The van der Waals surface area contributed by atoms with Crippen molar-refractivity contribution in [3.63, 3.8) is 0 Å². The molecule has 0 atom stereocenters. The quantitative estimate of drug-likeness (QED) is 0.770. The van der Waals surface area contributed by atoms with E-state index in [9.17, 15) is 18.3 Å². The van der Waals surface area contributed by atoms with Gasteiger partial charge in [0.2, 0.25) is 10.0 Å². The molecule has 0 amide bonds. The van der Waals surface area contributed by atoms with E-state index >= 15 is 0 Å². The van der Waals surface area contributed by atoms with Gasteiger partial charge in [0.15, 0.2) is 0 Å². The number of aromatic carboxylic acids is 1. The summed E-state index contributed by atoms with van der Waals surface area (Å²) in [7, 11) is -3.67. The van der Waals surface area contributed by atoms with Gasteiger partial charge in [-0.05, 0) is 37.8 Å². The summed E-state index contributed by atoms with van der Waals surface area (Å²) < 4.78 is 26.7. The van der Waals surface area contributed by atoms with Crippen molar-refractivity contribution >= 4 is 27.3 Å². The van der Waals surface area contributed by atoms with Crippen molar-refractivity contribution in [1.29, 1.82) is 0 Å². The Labute approximate surface area is 115 Å².